The zero-order valence-corrected chi connectivity index (χ0v) is 7.71. The summed E-state index contributed by atoms with van der Waals surface area (Å²) in [5.74, 6) is 6.25. The molecule has 0 bridgehead atoms. The molecule has 0 saturated heterocycles. The van der Waals surface area contributed by atoms with E-state index in [-0.39, 0.29) is 6.10 Å². The van der Waals surface area contributed by atoms with Crippen LogP contribution in [0.25, 0.3) is 0 Å². The molecule has 0 amide bonds. The third-order valence-electron chi connectivity index (χ3n) is 2.30. The van der Waals surface area contributed by atoms with E-state index in [1.54, 1.807) is 0 Å². The van der Waals surface area contributed by atoms with E-state index >= 15 is 0 Å². The van der Waals surface area contributed by atoms with Crippen molar-refractivity contribution in [2.24, 2.45) is 5.84 Å². The fourth-order valence-corrected chi connectivity index (χ4v) is 1.69. The summed E-state index contributed by atoms with van der Waals surface area (Å²) >= 11 is 0. The third-order valence-corrected chi connectivity index (χ3v) is 2.30. The lowest BCUT2D eigenvalue weighted by Crippen LogP contribution is -2.34. The van der Waals surface area contributed by atoms with E-state index in [4.69, 9.17) is 10.6 Å². The summed E-state index contributed by atoms with van der Waals surface area (Å²) in [5, 5.41) is 0. The predicted molar refractivity (Wildman–Crippen MR) is 51.5 cm³/mol. The smallest absolute Gasteiger partial charge is 0.123 e. The molecule has 3 heteroatoms. The lowest BCUT2D eigenvalue weighted by Gasteiger charge is -2.08. The fourth-order valence-electron chi connectivity index (χ4n) is 1.69. The molecule has 1 aromatic rings. The molecule has 0 spiro atoms. The van der Waals surface area contributed by atoms with Gasteiger partial charge in [-0.1, -0.05) is 17.7 Å². The standard InChI is InChI=1S/C10H14N2O/c1-7-2-3-10-8(4-7)5-9(13-10)6-12-11/h2-4,9,12H,5-6,11H2,1H3. The zero-order chi connectivity index (χ0) is 9.26. The molecule has 70 valence electrons. The molecule has 1 aromatic carbocycles. The van der Waals surface area contributed by atoms with Crippen molar-refractivity contribution < 1.29 is 4.74 Å². The summed E-state index contributed by atoms with van der Waals surface area (Å²) in [6.07, 6.45) is 1.16. The minimum Gasteiger partial charge on any atom is -0.488 e. The Balaban J connectivity index is 2.16. The van der Waals surface area contributed by atoms with Gasteiger partial charge in [-0.15, -0.1) is 0 Å². The second-order valence-electron chi connectivity index (χ2n) is 3.46. The zero-order valence-electron chi connectivity index (χ0n) is 7.71. The number of fused-ring (bicyclic) bond motifs is 1. The van der Waals surface area contributed by atoms with Crippen LogP contribution in [-0.2, 0) is 6.42 Å². The molecule has 3 nitrogen and oxygen atoms in total. The van der Waals surface area contributed by atoms with Crippen LogP contribution in [0.2, 0.25) is 0 Å². The van der Waals surface area contributed by atoms with Gasteiger partial charge in [-0.05, 0) is 18.6 Å². The van der Waals surface area contributed by atoms with Gasteiger partial charge in [0.25, 0.3) is 0 Å². The van der Waals surface area contributed by atoms with Gasteiger partial charge in [-0.3, -0.25) is 11.3 Å². The topological polar surface area (TPSA) is 47.3 Å². The summed E-state index contributed by atoms with van der Waals surface area (Å²) in [6, 6.07) is 6.27. The second-order valence-corrected chi connectivity index (χ2v) is 3.46. The van der Waals surface area contributed by atoms with Crippen molar-refractivity contribution >= 4 is 0 Å². The third kappa shape index (κ3) is 1.66. The van der Waals surface area contributed by atoms with Gasteiger partial charge in [0.05, 0.1) is 0 Å². The van der Waals surface area contributed by atoms with Crippen molar-refractivity contribution in [2.45, 2.75) is 19.4 Å². The van der Waals surface area contributed by atoms with E-state index in [2.05, 4.69) is 24.5 Å². The number of hydrazine groups is 1. The number of aryl methyl sites for hydroxylation is 1. The largest absolute Gasteiger partial charge is 0.488 e. The molecule has 1 aliphatic heterocycles. The van der Waals surface area contributed by atoms with Crippen LogP contribution in [-0.4, -0.2) is 12.6 Å². The first-order valence-electron chi connectivity index (χ1n) is 4.49. The second kappa shape index (κ2) is 3.36. The SMILES string of the molecule is Cc1ccc2c(c1)CC(CNN)O2. The highest BCUT2D eigenvalue weighted by atomic mass is 16.5. The van der Waals surface area contributed by atoms with E-state index in [1.165, 1.54) is 11.1 Å². The highest BCUT2D eigenvalue weighted by Gasteiger charge is 2.21. The number of ether oxygens (including phenoxy) is 1. The van der Waals surface area contributed by atoms with E-state index in [9.17, 15) is 0 Å². The molecular weight excluding hydrogens is 164 g/mol. The minimum absolute atomic E-state index is 0.196. The number of hydrogen-bond donors (Lipinski definition) is 2. The summed E-state index contributed by atoms with van der Waals surface area (Å²) < 4.78 is 5.66. The monoisotopic (exact) mass is 178 g/mol. The van der Waals surface area contributed by atoms with Crippen LogP contribution >= 0.6 is 0 Å². The van der Waals surface area contributed by atoms with E-state index in [1.807, 2.05) is 6.07 Å². The lowest BCUT2D eigenvalue weighted by molar-refractivity contribution is 0.228. The molecule has 0 fully saturated rings. The van der Waals surface area contributed by atoms with Crippen molar-refractivity contribution in [2.75, 3.05) is 6.54 Å². The summed E-state index contributed by atoms with van der Waals surface area (Å²) in [7, 11) is 0. The summed E-state index contributed by atoms with van der Waals surface area (Å²) in [6.45, 7) is 2.79. The molecule has 0 saturated carbocycles. The number of benzene rings is 1. The van der Waals surface area contributed by atoms with Gasteiger partial charge in [-0.2, -0.15) is 0 Å². The lowest BCUT2D eigenvalue weighted by atomic mass is 10.1. The van der Waals surface area contributed by atoms with Gasteiger partial charge < -0.3 is 4.74 Å². The van der Waals surface area contributed by atoms with Crippen LogP contribution in [0.1, 0.15) is 11.1 Å². The van der Waals surface area contributed by atoms with Gasteiger partial charge in [-0.25, -0.2) is 0 Å². The minimum atomic E-state index is 0.196. The molecular formula is C10H14N2O. The fraction of sp³-hybridized carbons (Fsp3) is 0.400. The van der Waals surface area contributed by atoms with Crippen molar-refractivity contribution in [3.8, 4) is 5.75 Å². The number of rotatable bonds is 2. The van der Waals surface area contributed by atoms with Crippen LogP contribution in [0.15, 0.2) is 18.2 Å². The molecule has 3 N–H and O–H groups in total. The Labute approximate surface area is 77.9 Å². The quantitative estimate of drug-likeness (QED) is 0.519. The molecule has 2 rings (SSSR count). The molecule has 13 heavy (non-hydrogen) atoms. The van der Waals surface area contributed by atoms with Crippen molar-refractivity contribution in [3.63, 3.8) is 0 Å². The van der Waals surface area contributed by atoms with Crippen molar-refractivity contribution in [1.29, 1.82) is 0 Å². The van der Waals surface area contributed by atoms with Crippen LogP contribution in [0, 0.1) is 6.92 Å². The Bertz CT molecular complexity index is 312. The Morgan fingerprint density at radius 2 is 2.46 bits per heavy atom. The van der Waals surface area contributed by atoms with Gasteiger partial charge >= 0.3 is 0 Å². The Kier molecular flexibility index (Phi) is 2.20. The first-order valence-corrected chi connectivity index (χ1v) is 4.49. The van der Waals surface area contributed by atoms with Crippen molar-refractivity contribution in [3.05, 3.63) is 29.3 Å². The summed E-state index contributed by atoms with van der Waals surface area (Å²) in [5.41, 5.74) is 5.21. The van der Waals surface area contributed by atoms with Crippen molar-refractivity contribution in [1.82, 2.24) is 5.43 Å². The maximum absolute atomic E-state index is 5.66. The first kappa shape index (κ1) is 8.53. The van der Waals surface area contributed by atoms with E-state index in [0.29, 0.717) is 6.54 Å². The average molecular weight is 178 g/mol. The molecule has 1 atom stereocenters. The number of nitrogens with one attached hydrogen (secondary N) is 1. The van der Waals surface area contributed by atoms with Crippen LogP contribution < -0.4 is 16.0 Å². The Hall–Kier alpha value is -1.06. The van der Waals surface area contributed by atoms with Gasteiger partial charge in [0.1, 0.15) is 11.9 Å². The van der Waals surface area contributed by atoms with E-state index < -0.39 is 0 Å². The van der Waals surface area contributed by atoms with Gasteiger partial charge in [0.2, 0.25) is 0 Å². The van der Waals surface area contributed by atoms with Gasteiger partial charge in [0.15, 0.2) is 0 Å². The Morgan fingerprint density at radius 1 is 1.62 bits per heavy atom. The normalized spacial score (nSPS) is 19.7. The summed E-state index contributed by atoms with van der Waals surface area (Å²) in [4.78, 5) is 0. The van der Waals surface area contributed by atoms with Crippen LogP contribution in [0.5, 0.6) is 5.75 Å². The molecule has 0 aromatic heterocycles. The molecule has 0 aliphatic carbocycles. The Morgan fingerprint density at radius 3 is 3.23 bits per heavy atom. The number of nitrogens with two attached hydrogens (primary N) is 1. The molecule has 1 unspecified atom stereocenters. The molecule has 1 heterocycles. The maximum atomic E-state index is 5.66. The first-order chi connectivity index (χ1) is 6.29. The van der Waals surface area contributed by atoms with Gasteiger partial charge in [0, 0.05) is 13.0 Å². The maximum Gasteiger partial charge on any atom is 0.123 e. The molecule has 0 radical (unpaired) electrons. The van der Waals surface area contributed by atoms with Crippen LogP contribution in [0.4, 0.5) is 0 Å². The van der Waals surface area contributed by atoms with Crippen LogP contribution in [0.3, 0.4) is 0 Å². The number of hydrogen-bond acceptors (Lipinski definition) is 3. The average Bonchev–Trinajstić information content (AvgIpc) is 2.46. The predicted octanol–water partition coefficient (Wildman–Crippen LogP) is 0.762. The highest BCUT2D eigenvalue weighted by molar-refractivity contribution is 5.40. The molecule has 1 aliphatic rings. The highest BCUT2D eigenvalue weighted by Crippen LogP contribution is 2.28. The van der Waals surface area contributed by atoms with E-state index in [0.717, 1.165) is 12.2 Å².